The van der Waals surface area contributed by atoms with Crippen LogP contribution in [-0.2, 0) is 4.79 Å². The van der Waals surface area contributed by atoms with E-state index in [0.29, 0.717) is 30.0 Å². The predicted octanol–water partition coefficient (Wildman–Crippen LogP) is 3.00. The molecule has 1 saturated heterocycles. The summed E-state index contributed by atoms with van der Waals surface area (Å²) in [6, 6.07) is 5.35. The lowest BCUT2D eigenvalue weighted by atomic mass is 10.1. The summed E-state index contributed by atoms with van der Waals surface area (Å²) in [4.78, 5) is 17.8. The van der Waals surface area contributed by atoms with Gasteiger partial charge in [0.2, 0.25) is 11.0 Å². The van der Waals surface area contributed by atoms with Crippen molar-refractivity contribution in [2.24, 2.45) is 5.92 Å². The summed E-state index contributed by atoms with van der Waals surface area (Å²) in [6.45, 7) is 1.16. The lowest BCUT2D eigenvalue weighted by Gasteiger charge is -2.14. The van der Waals surface area contributed by atoms with E-state index in [0.717, 1.165) is 22.3 Å². The molecule has 1 fully saturated rings. The smallest absolute Gasteiger partial charge is 0.404 e. The summed E-state index contributed by atoms with van der Waals surface area (Å²) in [6.07, 6.45) is -1.17. The number of hydrogen-bond acceptors (Lipinski definition) is 7. The van der Waals surface area contributed by atoms with Gasteiger partial charge in [-0.15, -0.1) is 13.2 Å². The minimum Gasteiger partial charge on any atom is -0.404 e. The number of amides is 1. The van der Waals surface area contributed by atoms with Gasteiger partial charge in [-0.3, -0.25) is 4.79 Å². The number of anilines is 1. The van der Waals surface area contributed by atoms with Crippen LogP contribution >= 0.6 is 11.3 Å². The zero-order valence-electron chi connectivity index (χ0n) is 14.2. The van der Waals surface area contributed by atoms with Gasteiger partial charge in [0, 0.05) is 12.7 Å². The predicted molar refractivity (Wildman–Crippen MR) is 93.0 cm³/mol. The highest BCUT2D eigenvalue weighted by Crippen LogP contribution is 2.36. The molecule has 0 spiro atoms. The third kappa shape index (κ3) is 4.22. The van der Waals surface area contributed by atoms with Crippen LogP contribution in [0.1, 0.15) is 12.0 Å². The number of nitriles is 2. The zero-order chi connectivity index (χ0) is 20.3. The molecular formula is C17H12F3N5O2S. The minimum absolute atomic E-state index is 0.122. The van der Waals surface area contributed by atoms with Gasteiger partial charge in [-0.2, -0.15) is 15.4 Å². The van der Waals surface area contributed by atoms with E-state index in [2.05, 4.69) is 15.0 Å². The maximum absolute atomic E-state index is 12.6. The van der Waals surface area contributed by atoms with Crippen LogP contribution in [0.2, 0.25) is 0 Å². The van der Waals surface area contributed by atoms with Crippen molar-refractivity contribution in [2.45, 2.75) is 12.8 Å². The quantitative estimate of drug-likeness (QED) is 0.618. The van der Waals surface area contributed by atoms with Crippen molar-refractivity contribution < 1.29 is 22.7 Å². The summed E-state index contributed by atoms with van der Waals surface area (Å²) in [5.74, 6) is -1.34. The van der Waals surface area contributed by atoms with E-state index < -0.39 is 12.1 Å². The van der Waals surface area contributed by atoms with Gasteiger partial charge in [-0.1, -0.05) is 17.4 Å². The first-order valence-corrected chi connectivity index (χ1v) is 8.84. The van der Waals surface area contributed by atoms with E-state index in [-0.39, 0.29) is 22.5 Å². The molecule has 0 saturated carbocycles. The van der Waals surface area contributed by atoms with Gasteiger partial charge in [0.05, 0.1) is 16.4 Å². The van der Waals surface area contributed by atoms with E-state index in [4.69, 9.17) is 5.26 Å². The van der Waals surface area contributed by atoms with Crippen LogP contribution in [0.15, 0.2) is 24.4 Å². The topological polar surface area (TPSA) is 102 Å². The van der Waals surface area contributed by atoms with Crippen molar-refractivity contribution in [1.29, 1.82) is 10.5 Å². The molecule has 1 aromatic heterocycles. The monoisotopic (exact) mass is 407 g/mol. The summed E-state index contributed by atoms with van der Waals surface area (Å²) in [5, 5.41) is 21.5. The molecule has 1 amide bonds. The summed E-state index contributed by atoms with van der Waals surface area (Å²) < 4.78 is 41.6. The van der Waals surface area contributed by atoms with Crippen molar-refractivity contribution in [3.63, 3.8) is 0 Å². The maximum Gasteiger partial charge on any atom is 0.573 e. The fraction of sp³-hybridized carbons (Fsp3) is 0.294. The molecular weight excluding hydrogens is 395 g/mol. The van der Waals surface area contributed by atoms with Crippen LogP contribution in [0, 0.1) is 28.7 Å². The van der Waals surface area contributed by atoms with Crippen LogP contribution in [0.3, 0.4) is 0 Å². The van der Waals surface area contributed by atoms with Crippen molar-refractivity contribution in [3.8, 4) is 28.5 Å². The van der Waals surface area contributed by atoms with Crippen LogP contribution in [0.5, 0.6) is 5.75 Å². The molecule has 3 rings (SSSR count). The Bertz CT molecular complexity index is 970. The number of ether oxygens (including phenoxy) is 1. The van der Waals surface area contributed by atoms with Crippen LogP contribution in [0.4, 0.5) is 18.3 Å². The molecule has 0 aliphatic carbocycles. The number of rotatable bonds is 4. The van der Waals surface area contributed by atoms with E-state index >= 15 is 0 Å². The molecule has 2 heterocycles. The Balaban J connectivity index is 1.89. The standard InChI is InChI=1S/C17H12F3N5O2S/c18-17(19,20)27-13-5-10(1-2-11(13)6-21)14-8-24-16(28-14)25(9-22)15(26)12-3-4-23-7-12/h1-2,5,8,12,23H,3-4,7H2/t12-/m0/s1. The molecule has 28 heavy (non-hydrogen) atoms. The normalized spacial score (nSPS) is 16.2. The molecule has 1 N–H and O–H groups in total. The SMILES string of the molecule is N#Cc1ccc(-c2cnc(N(C#N)C(=O)[C@H]3CCNC3)s2)cc1OC(F)(F)F. The molecule has 2 aromatic rings. The first-order chi connectivity index (χ1) is 13.3. The highest BCUT2D eigenvalue weighted by atomic mass is 32.1. The van der Waals surface area contributed by atoms with Gasteiger partial charge in [-0.25, -0.2) is 4.98 Å². The van der Waals surface area contributed by atoms with Crippen LogP contribution in [0.25, 0.3) is 10.4 Å². The Hall–Kier alpha value is -3.15. The highest BCUT2D eigenvalue weighted by Gasteiger charge is 2.33. The maximum atomic E-state index is 12.6. The van der Waals surface area contributed by atoms with Crippen LogP contribution < -0.4 is 15.0 Å². The lowest BCUT2D eigenvalue weighted by Crippen LogP contribution is -2.33. The first-order valence-electron chi connectivity index (χ1n) is 8.03. The second kappa shape index (κ2) is 7.84. The Morgan fingerprint density at radius 2 is 2.18 bits per heavy atom. The number of carbonyl (C=O) groups excluding carboxylic acids is 1. The molecule has 0 bridgehead atoms. The average Bonchev–Trinajstić information content (AvgIpc) is 3.33. The Labute approximate surface area is 161 Å². The number of halogens is 3. The van der Waals surface area contributed by atoms with E-state index in [1.54, 1.807) is 6.07 Å². The molecule has 1 aliphatic rings. The summed E-state index contributed by atoms with van der Waals surface area (Å²) in [7, 11) is 0. The Morgan fingerprint density at radius 3 is 2.79 bits per heavy atom. The highest BCUT2D eigenvalue weighted by molar-refractivity contribution is 7.19. The number of alkyl halides is 3. The molecule has 11 heteroatoms. The minimum atomic E-state index is -4.94. The van der Waals surface area contributed by atoms with Gasteiger partial charge >= 0.3 is 6.36 Å². The van der Waals surface area contributed by atoms with E-state index in [1.165, 1.54) is 18.3 Å². The Morgan fingerprint density at radius 1 is 1.39 bits per heavy atom. The third-order valence-corrected chi connectivity index (χ3v) is 5.06. The van der Waals surface area contributed by atoms with E-state index in [1.807, 2.05) is 6.19 Å². The van der Waals surface area contributed by atoms with Gasteiger partial charge in [0.15, 0.2) is 6.19 Å². The largest absolute Gasteiger partial charge is 0.573 e. The lowest BCUT2D eigenvalue weighted by molar-refractivity contribution is -0.274. The van der Waals surface area contributed by atoms with Crippen LogP contribution in [-0.4, -0.2) is 30.3 Å². The number of nitrogens with zero attached hydrogens (tertiary/aromatic N) is 4. The van der Waals surface area contributed by atoms with Gasteiger partial charge in [0.25, 0.3) is 0 Å². The summed E-state index contributed by atoms with van der Waals surface area (Å²) in [5.41, 5.74) is 0.0447. The molecule has 144 valence electrons. The van der Waals surface area contributed by atoms with Gasteiger partial charge in [-0.05, 0) is 30.7 Å². The third-order valence-electron chi connectivity index (χ3n) is 4.03. The van der Waals surface area contributed by atoms with Gasteiger partial charge in [0.1, 0.15) is 11.8 Å². The number of nitrogens with one attached hydrogen (secondary N) is 1. The van der Waals surface area contributed by atoms with Gasteiger partial charge < -0.3 is 10.1 Å². The van der Waals surface area contributed by atoms with Crippen molar-refractivity contribution >= 4 is 22.4 Å². The number of carbonyl (C=O) groups is 1. The van der Waals surface area contributed by atoms with Crippen molar-refractivity contribution in [1.82, 2.24) is 10.3 Å². The van der Waals surface area contributed by atoms with Crippen molar-refractivity contribution in [2.75, 3.05) is 18.0 Å². The molecule has 1 atom stereocenters. The fourth-order valence-corrected chi connectivity index (χ4v) is 3.59. The second-order valence-corrected chi connectivity index (χ2v) is 6.85. The first kappa shape index (κ1) is 19.6. The summed E-state index contributed by atoms with van der Waals surface area (Å²) >= 11 is 0.977. The number of thiazole rings is 1. The second-order valence-electron chi connectivity index (χ2n) is 5.84. The fourth-order valence-electron chi connectivity index (χ4n) is 2.71. The Kier molecular flexibility index (Phi) is 5.49. The molecule has 1 aromatic carbocycles. The molecule has 1 aliphatic heterocycles. The molecule has 0 radical (unpaired) electrons. The average molecular weight is 407 g/mol. The number of hydrogen-bond donors (Lipinski definition) is 1. The number of benzene rings is 1. The van der Waals surface area contributed by atoms with Crippen molar-refractivity contribution in [3.05, 3.63) is 30.0 Å². The molecule has 0 unspecified atom stereocenters. The number of aromatic nitrogens is 1. The zero-order valence-corrected chi connectivity index (χ0v) is 15.0. The molecule has 7 nitrogen and oxygen atoms in total. The van der Waals surface area contributed by atoms with E-state index in [9.17, 15) is 23.2 Å².